The monoisotopic (exact) mass is 225 g/mol. The minimum atomic E-state index is -0.672. The molecule has 1 atom stereocenters. The van der Waals surface area contributed by atoms with E-state index in [0.717, 1.165) is 25.7 Å². The van der Waals surface area contributed by atoms with Crippen LogP contribution in [0.4, 0.5) is 0 Å². The summed E-state index contributed by atoms with van der Waals surface area (Å²) in [6, 6.07) is 0.421. The van der Waals surface area contributed by atoms with Crippen LogP contribution in [0.1, 0.15) is 58.3 Å². The molecule has 2 aliphatic carbocycles. The van der Waals surface area contributed by atoms with Crippen LogP contribution in [0.3, 0.4) is 0 Å². The van der Waals surface area contributed by atoms with Crippen LogP contribution in [0.15, 0.2) is 0 Å². The Kier molecular flexibility index (Phi) is 3.53. The van der Waals surface area contributed by atoms with Crippen LogP contribution < -0.4 is 5.32 Å². The van der Waals surface area contributed by atoms with Crippen LogP contribution in [-0.2, 0) is 4.79 Å². The molecule has 2 rings (SSSR count). The molecule has 3 heteroatoms. The third-order valence-electron chi connectivity index (χ3n) is 4.20. The molecule has 3 nitrogen and oxygen atoms in total. The van der Waals surface area contributed by atoms with Gasteiger partial charge < -0.3 is 5.11 Å². The molecular weight excluding hydrogens is 202 g/mol. The number of hydrogen-bond donors (Lipinski definition) is 2. The predicted octanol–water partition coefficient (Wildman–Crippen LogP) is 2.55. The number of carboxylic acid groups (broad SMARTS) is 1. The first-order valence-corrected chi connectivity index (χ1v) is 6.64. The van der Waals surface area contributed by atoms with Gasteiger partial charge in [0.25, 0.3) is 0 Å². The Bertz CT molecular complexity index is 255. The Hall–Kier alpha value is -0.570. The lowest BCUT2D eigenvalue weighted by Gasteiger charge is -2.31. The maximum atomic E-state index is 11.4. The molecule has 2 aliphatic rings. The van der Waals surface area contributed by atoms with Gasteiger partial charge in [0.2, 0.25) is 0 Å². The first-order valence-electron chi connectivity index (χ1n) is 6.64. The second-order valence-corrected chi connectivity index (χ2v) is 5.61. The standard InChI is InChI=1S/C13H23NO2/c1-13(12(15)16,10-8-9-10)14-11-6-4-2-3-5-7-11/h10-11,14H,2-9H2,1H3,(H,15,16). The average Bonchev–Trinajstić information content (AvgIpc) is 3.05. The third-order valence-corrected chi connectivity index (χ3v) is 4.20. The minimum Gasteiger partial charge on any atom is -0.480 e. The second kappa shape index (κ2) is 4.74. The summed E-state index contributed by atoms with van der Waals surface area (Å²) in [5, 5.41) is 12.8. The zero-order valence-electron chi connectivity index (χ0n) is 10.2. The van der Waals surface area contributed by atoms with Gasteiger partial charge in [-0.05, 0) is 38.5 Å². The smallest absolute Gasteiger partial charge is 0.323 e. The molecule has 0 aromatic carbocycles. The zero-order valence-corrected chi connectivity index (χ0v) is 10.2. The Morgan fingerprint density at radius 2 is 1.69 bits per heavy atom. The molecule has 0 aromatic rings. The lowest BCUT2D eigenvalue weighted by molar-refractivity contribution is -0.145. The molecule has 0 aliphatic heterocycles. The van der Waals surface area contributed by atoms with E-state index >= 15 is 0 Å². The predicted molar refractivity (Wildman–Crippen MR) is 63.4 cm³/mol. The van der Waals surface area contributed by atoms with E-state index in [1.807, 2.05) is 6.92 Å². The topological polar surface area (TPSA) is 49.3 Å². The van der Waals surface area contributed by atoms with Gasteiger partial charge in [-0.3, -0.25) is 10.1 Å². The molecule has 16 heavy (non-hydrogen) atoms. The number of hydrogen-bond acceptors (Lipinski definition) is 2. The Morgan fingerprint density at radius 1 is 1.12 bits per heavy atom. The number of carboxylic acids is 1. The first-order chi connectivity index (χ1) is 7.63. The van der Waals surface area contributed by atoms with Gasteiger partial charge in [0.05, 0.1) is 0 Å². The van der Waals surface area contributed by atoms with Gasteiger partial charge >= 0.3 is 5.97 Å². The molecule has 0 amide bonds. The van der Waals surface area contributed by atoms with Crippen molar-refractivity contribution in [3.05, 3.63) is 0 Å². The van der Waals surface area contributed by atoms with Crippen molar-refractivity contribution in [2.24, 2.45) is 5.92 Å². The van der Waals surface area contributed by atoms with Crippen molar-refractivity contribution in [2.45, 2.75) is 69.9 Å². The van der Waals surface area contributed by atoms with Crippen LogP contribution in [0, 0.1) is 5.92 Å². The second-order valence-electron chi connectivity index (χ2n) is 5.61. The van der Waals surface area contributed by atoms with Crippen LogP contribution in [0.25, 0.3) is 0 Å². The summed E-state index contributed by atoms with van der Waals surface area (Å²) in [5.41, 5.74) is -0.672. The third kappa shape index (κ3) is 2.57. The summed E-state index contributed by atoms with van der Waals surface area (Å²) >= 11 is 0. The number of aliphatic carboxylic acids is 1. The summed E-state index contributed by atoms with van der Waals surface area (Å²) in [6.45, 7) is 1.87. The maximum Gasteiger partial charge on any atom is 0.323 e. The normalized spacial score (nSPS) is 27.1. The fraction of sp³-hybridized carbons (Fsp3) is 0.923. The van der Waals surface area contributed by atoms with Crippen molar-refractivity contribution in [1.82, 2.24) is 5.32 Å². The largest absolute Gasteiger partial charge is 0.480 e. The van der Waals surface area contributed by atoms with Crippen LogP contribution in [-0.4, -0.2) is 22.7 Å². The fourth-order valence-electron chi connectivity index (χ4n) is 2.86. The first kappa shape index (κ1) is 11.9. The average molecular weight is 225 g/mol. The summed E-state index contributed by atoms with van der Waals surface area (Å²) in [7, 11) is 0. The van der Waals surface area contributed by atoms with Crippen LogP contribution in [0.5, 0.6) is 0 Å². The molecule has 0 bridgehead atoms. The fourth-order valence-corrected chi connectivity index (χ4v) is 2.86. The van der Waals surface area contributed by atoms with Gasteiger partial charge in [-0.2, -0.15) is 0 Å². The van der Waals surface area contributed by atoms with Crippen molar-refractivity contribution in [3.63, 3.8) is 0 Å². The lowest BCUT2D eigenvalue weighted by atomic mass is 9.93. The molecule has 0 saturated heterocycles. The highest BCUT2D eigenvalue weighted by Gasteiger charge is 2.48. The van der Waals surface area contributed by atoms with Crippen molar-refractivity contribution < 1.29 is 9.90 Å². The van der Waals surface area contributed by atoms with Crippen molar-refractivity contribution in [1.29, 1.82) is 0 Å². The van der Waals surface area contributed by atoms with E-state index < -0.39 is 11.5 Å². The Balaban J connectivity index is 1.96. The van der Waals surface area contributed by atoms with Gasteiger partial charge in [-0.25, -0.2) is 0 Å². The van der Waals surface area contributed by atoms with E-state index in [2.05, 4.69) is 5.32 Å². The number of rotatable bonds is 4. The van der Waals surface area contributed by atoms with Crippen molar-refractivity contribution in [3.8, 4) is 0 Å². The van der Waals surface area contributed by atoms with Gasteiger partial charge in [0.15, 0.2) is 0 Å². The van der Waals surface area contributed by atoms with E-state index in [1.54, 1.807) is 0 Å². The Morgan fingerprint density at radius 3 is 2.12 bits per heavy atom. The maximum absolute atomic E-state index is 11.4. The van der Waals surface area contributed by atoms with Crippen molar-refractivity contribution >= 4 is 5.97 Å². The van der Waals surface area contributed by atoms with Crippen LogP contribution in [0.2, 0.25) is 0 Å². The highest BCUT2D eigenvalue weighted by atomic mass is 16.4. The van der Waals surface area contributed by atoms with E-state index in [4.69, 9.17) is 0 Å². The molecule has 0 heterocycles. The van der Waals surface area contributed by atoms with E-state index in [1.165, 1.54) is 25.7 Å². The van der Waals surface area contributed by atoms with Gasteiger partial charge in [-0.1, -0.05) is 25.7 Å². The van der Waals surface area contributed by atoms with Gasteiger partial charge in [0.1, 0.15) is 5.54 Å². The summed E-state index contributed by atoms with van der Waals surface area (Å²) in [4.78, 5) is 11.4. The Labute approximate surface area is 97.6 Å². The molecular formula is C13H23NO2. The summed E-state index contributed by atoms with van der Waals surface area (Å²) in [6.07, 6.45) is 9.56. The molecule has 2 N–H and O–H groups in total. The van der Waals surface area contributed by atoms with E-state index in [0.29, 0.717) is 12.0 Å². The SMILES string of the molecule is CC(NC1CCCCCC1)(C(=O)O)C1CC1. The van der Waals surface area contributed by atoms with Crippen molar-refractivity contribution in [2.75, 3.05) is 0 Å². The molecule has 92 valence electrons. The molecule has 0 radical (unpaired) electrons. The molecule has 1 unspecified atom stereocenters. The number of nitrogens with one attached hydrogen (secondary N) is 1. The highest BCUT2D eigenvalue weighted by Crippen LogP contribution is 2.40. The van der Waals surface area contributed by atoms with Crippen LogP contribution >= 0.6 is 0 Å². The van der Waals surface area contributed by atoms with Gasteiger partial charge in [-0.15, -0.1) is 0 Å². The van der Waals surface area contributed by atoms with E-state index in [9.17, 15) is 9.90 Å². The molecule has 0 spiro atoms. The summed E-state index contributed by atoms with van der Waals surface area (Å²) in [5.74, 6) is -0.312. The summed E-state index contributed by atoms with van der Waals surface area (Å²) < 4.78 is 0. The molecule has 0 aromatic heterocycles. The molecule has 2 saturated carbocycles. The number of carbonyl (C=O) groups is 1. The van der Waals surface area contributed by atoms with Gasteiger partial charge in [0, 0.05) is 6.04 Å². The minimum absolute atomic E-state index is 0.355. The molecule has 2 fully saturated rings. The zero-order chi connectivity index (χ0) is 11.6. The lowest BCUT2D eigenvalue weighted by Crippen LogP contribution is -2.55. The quantitative estimate of drug-likeness (QED) is 0.723. The van der Waals surface area contributed by atoms with E-state index in [-0.39, 0.29) is 0 Å². The highest BCUT2D eigenvalue weighted by molar-refractivity contribution is 5.79.